The molecule has 4 heteroatoms. The molecule has 0 aromatic heterocycles. The number of fused-ring (bicyclic) bond motifs is 1. The molecule has 2 rings (SSSR count). The molecule has 0 fully saturated rings. The molecule has 0 aliphatic rings. The lowest BCUT2D eigenvalue weighted by atomic mass is 10.00. The summed E-state index contributed by atoms with van der Waals surface area (Å²) in [6.45, 7) is 13.7. The molecule has 24 heavy (non-hydrogen) atoms. The SMILES string of the molecule is CC(C)(C)NCc1ccc2c(O)c(CNC(C)(C)C)ccc2c1O. The minimum atomic E-state index is -0.0218. The number of hydrogen-bond acceptors (Lipinski definition) is 4. The van der Waals surface area contributed by atoms with Gasteiger partial charge in [-0.05, 0) is 41.5 Å². The first-order chi connectivity index (χ1) is 11.0. The van der Waals surface area contributed by atoms with Crippen molar-refractivity contribution in [1.29, 1.82) is 0 Å². The molecule has 0 spiro atoms. The standard InChI is InChI=1S/C20H30N2O2/c1-19(2,3)21-11-13-7-9-16-15(17(13)23)10-8-14(18(16)24)12-22-20(4,5)6/h7-10,21-24H,11-12H2,1-6H3. The minimum Gasteiger partial charge on any atom is -0.507 e. The maximum absolute atomic E-state index is 10.6. The van der Waals surface area contributed by atoms with Gasteiger partial charge in [-0.2, -0.15) is 0 Å². The fourth-order valence-electron chi connectivity index (χ4n) is 2.47. The van der Waals surface area contributed by atoms with Gasteiger partial charge in [0, 0.05) is 46.1 Å². The lowest BCUT2D eigenvalue weighted by molar-refractivity contribution is 0.411. The highest BCUT2D eigenvalue weighted by atomic mass is 16.3. The molecular weight excluding hydrogens is 300 g/mol. The lowest BCUT2D eigenvalue weighted by Crippen LogP contribution is -2.35. The molecule has 4 nitrogen and oxygen atoms in total. The van der Waals surface area contributed by atoms with Gasteiger partial charge in [0.2, 0.25) is 0 Å². The third-order valence-corrected chi connectivity index (χ3v) is 3.93. The number of aromatic hydroxyl groups is 2. The molecule has 132 valence electrons. The van der Waals surface area contributed by atoms with Crippen LogP contribution in [0.3, 0.4) is 0 Å². The Balaban J connectivity index is 2.33. The molecule has 0 aliphatic heterocycles. The van der Waals surface area contributed by atoms with E-state index < -0.39 is 0 Å². The predicted octanol–water partition coefficient (Wildman–Crippen LogP) is 4.03. The second-order valence-electron chi connectivity index (χ2n) is 8.45. The van der Waals surface area contributed by atoms with Crippen molar-refractivity contribution in [3.63, 3.8) is 0 Å². The van der Waals surface area contributed by atoms with E-state index in [4.69, 9.17) is 0 Å². The van der Waals surface area contributed by atoms with Crippen molar-refractivity contribution in [2.45, 2.75) is 65.7 Å². The van der Waals surface area contributed by atoms with Crippen LogP contribution >= 0.6 is 0 Å². The summed E-state index contributed by atoms with van der Waals surface area (Å²) in [5.41, 5.74) is 1.62. The fourth-order valence-corrected chi connectivity index (χ4v) is 2.47. The maximum Gasteiger partial charge on any atom is 0.128 e. The fraction of sp³-hybridized carbons (Fsp3) is 0.500. The van der Waals surface area contributed by atoms with Gasteiger partial charge in [-0.15, -0.1) is 0 Å². The van der Waals surface area contributed by atoms with E-state index in [2.05, 4.69) is 52.2 Å². The largest absolute Gasteiger partial charge is 0.507 e. The number of phenolic OH excluding ortho intramolecular Hbond substituents is 2. The number of nitrogens with one attached hydrogen (secondary N) is 2. The molecule has 0 saturated heterocycles. The summed E-state index contributed by atoms with van der Waals surface area (Å²) >= 11 is 0. The van der Waals surface area contributed by atoms with E-state index in [1.54, 1.807) is 0 Å². The summed E-state index contributed by atoms with van der Waals surface area (Å²) in [5.74, 6) is 0.463. The van der Waals surface area contributed by atoms with Crippen LogP contribution in [0.2, 0.25) is 0 Å². The average molecular weight is 330 g/mol. The van der Waals surface area contributed by atoms with E-state index in [0.29, 0.717) is 23.9 Å². The molecule has 0 aliphatic carbocycles. The van der Waals surface area contributed by atoms with Crippen molar-refractivity contribution in [1.82, 2.24) is 10.6 Å². The quantitative estimate of drug-likeness (QED) is 0.683. The van der Waals surface area contributed by atoms with Crippen LogP contribution in [-0.4, -0.2) is 21.3 Å². The zero-order valence-corrected chi connectivity index (χ0v) is 15.6. The van der Waals surface area contributed by atoms with E-state index in [1.807, 2.05) is 24.3 Å². The Labute approximate surface area is 144 Å². The molecule has 0 saturated carbocycles. The van der Waals surface area contributed by atoms with E-state index >= 15 is 0 Å². The Morgan fingerprint density at radius 2 is 1.00 bits per heavy atom. The molecule has 2 aromatic carbocycles. The molecule has 0 atom stereocenters. The zero-order valence-electron chi connectivity index (χ0n) is 15.6. The second-order valence-corrected chi connectivity index (χ2v) is 8.45. The zero-order chi connectivity index (χ0) is 18.1. The van der Waals surface area contributed by atoms with E-state index in [1.165, 1.54) is 0 Å². The van der Waals surface area contributed by atoms with Crippen LogP contribution in [0.5, 0.6) is 11.5 Å². The average Bonchev–Trinajstić information content (AvgIpc) is 2.44. The number of phenols is 2. The monoisotopic (exact) mass is 330 g/mol. The first kappa shape index (κ1) is 18.6. The van der Waals surface area contributed by atoms with Crippen molar-refractivity contribution in [3.8, 4) is 11.5 Å². The Hall–Kier alpha value is -1.78. The molecule has 0 radical (unpaired) electrons. The maximum atomic E-state index is 10.6. The number of rotatable bonds is 4. The highest BCUT2D eigenvalue weighted by molar-refractivity contribution is 5.94. The van der Waals surface area contributed by atoms with Crippen LogP contribution in [0.1, 0.15) is 52.7 Å². The van der Waals surface area contributed by atoms with Crippen LogP contribution in [0, 0.1) is 0 Å². The summed E-state index contributed by atoms with van der Waals surface area (Å²) in [7, 11) is 0. The smallest absolute Gasteiger partial charge is 0.128 e. The molecule has 0 bridgehead atoms. The Kier molecular flexibility index (Phi) is 5.11. The summed E-state index contributed by atoms with van der Waals surface area (Å²) in [6, 6.07) is 7.50. The van der Waals surface area contributed by atoms with Gasteiger partial charge in [0.05, 0.1) is 0 Å². The minimum absolute atomic E-state index is 0.0218. The Morgan fingerprint density at radius 1 is 0.667 bits per heavy atom. The molecule has 0 amide bonds. The number of benzene rings is 2. The van der Waals surface area contributed by atoms with Crippen molar-refractivity contribution in [3.05, 3.63) is 35.4 Å². The van der Waals surface area contributed by atoms with Gasteiger partial charge in [-0.1, -0.05) is 24.3 Å². The predicted molar refractivity (Wildman–Crippen MR) is 100 cm³/mol. The van der Waals surface area contributed by atoms with Gasteiger partial charge in [0.1, 0.15) is 11.5 Å². The Bertz CT molecular complexity index is 662. The third kappa shape index (κ3) is 4.62. The van der Waals surface area contributed by atoms with Crippen LogP contribution in [0.15, 0.2) is 24.3 Å². The van der Waals surface area contributed by atoms with Crippen LogP contribution in [0.4, 0.5) is 0 Å². The van der Waals surface area contributed by atoms with Gasteiger partial charge in [0.15, 0.2) is 0 Å². The molecule has 2 aromatic rings. The molecular formula is C20H30N2O2. The van der Waals surface area contributed by atoms with Gasteiger partial charge in [-0.25, -0.2) is 0 Å². The van der Waals surface area contributed by atoms with Crippen LogP contribution < -0.4 is 10.6 Å². The van der Waals surface area contributed by atoms with Crippen molar-refractivity contribution in [2.75, 3.05) is 0 Å². The first-order valence-corrected chi connectivity index (χ1v) is 8.43. The van der Waals surface area contributed by atoms with Gasteiger partial charge >= 0.3 is 0 Å². The van der Waals surface area contributed by atoms with E-state index in [-0.39, 0.29) is 22.6 Å². The summed E-state index contributed by atoms with van der Waals surface area (Å²) < 4.78 is 0. The molecule has 0 unspecified atom stereocenters. The normalized spacial score (nSPS) is 12.8. The van der Waals surface area contributed by atoms with Gasteiger partial charge in [0.25, 0.3) is 0 Å². The van der Waals surface area contributed by atoms with Crippen molar-refractivity contribution < 1.29 is 10.2 Å². The first-order valence-electron chi connectivity index (χ1n) is 8.43. The van der Waals surface area contributed by atoms with Crippen LogP contribution in [0.25, 0.3) is 10.8 Å². The van der Waals surface area contributed by atoms with Crippen LogP contribution in [-0.2, 0) is 13.1 Å². The highest BCUT2D eigenvalue weighted by Crippen LogP contribution is 2.36. The van der Waals surface area contributed by atoms with Crippen molar-refractivity contribution in [2.24, 2.45) is 0 Å². The van der Waals surface area contributed by atoms with Gasteiger partial charge in [-0.3, -0.25) is 0 Å². The molecule has 4 N–H and O–H groups in total. The lowest BCUT2D eigenvalue weighted by Gasteiger charge is -2.22. The van der Waals surface area contributed by atoms with Gasteiger partial charge < -0.3 is 20.8 Å². The summed E-state index contributed by atoms with van der Waals surface area (Å²) in [5, 5.41) is 29.2. The molecule has 0 heterocycles. The number of hydrogen-bond donors (Lipinski definition) is 4. The van der Waals surface area contributed by atoms with Crippen molar-refractivity contribution >= 4 is 10.8 Å². The summed E-state index contributed by atoms with van der Waals surface area (Å²) in [6.07, 6.45) is 0. The summed E-state index contributed by atoms with van der Waals surface area (Å²) in [4.78, 5) is 0. The topological polar surface area (TPSA) is 64.5 Å². The third-order valence-electron chi connectivity index (χ3n) is 3.93. The second kappa shape index (κ2) is 6.61. The van der Waals surface area contributed by atoms with E-state index in [9.17, 15) is 10.2 Å². The highest BCUT2D eigenvalue weighted by Gasteiger charge is 2.16. The van der Waals surface area contributed by atoms with E-state index in [0.717, 1.165) is 11.1 Å². The Morgan fingerprint density at radius 3 is 1.29 bits per heavy atom.